The number of barbiturate groups is 1. The third-order valence-corrected chi connectivity index (χ3v) is 4.68. The summed E-state index contributed by atoms with van der Waals surface area (Å²) in [6, 6.07) is -0.645. The van der Waals surface area contributed by atoms with Crippen LogP contribution in [0.3, 0.4) is 0 Å². The number of allylic oxidation sites excluding steroid dienone is 1. The smallest absolute Gasteiger partial charge is 0.302 e. The van der Waals surface area contributed by atoms with E-state index in [2.05, 4.69) is 28.2 Å². The molecule has 6 amide bonds. The predicted molar refractivity (Wildman–Crippen MR) is 94.5 cm³/mol. The molecule has 0 radical (unpaired) electrons. The van der Waals surface area contributed by atoms with Crippen molar-refractivity contribution in [3.63, 3.8) is 0 Å². The van der Waals surface area contributed by atoms with Gasteiger partial charge in [-0.2, -0.15) is 0 Å². The highest BCUT2D eigenvalue weighted by atomic mass is 32.1. The highest BCUT2D eigenvalue weighted by Gasteiger charge is 2.51. The van der Waals surface area contributed by atoms with E-state index in [4.69, 9.17) is 0 Å². The second-order valence-corrected chi connectivity index (χ2v) is 6.73. The number of thiocarbonyl (C=S) groups is 1. The van der Waals surface area contributed by atoms with Crippen molar-refractivity contribution in [2.24, 2.45) is 5.41 Å². The molecular formula is C16H20N4O5S. The van der Waals surface area contributed by atoms with Crippen LogP contribution in [0.4, 0.5) is 4.79 Å². The Morgan fingerprint density at radius 2 is 1.65 bits per heavy atom. The van der Waals surface area contributed by atoms with Crippen molar-refractivity contribution in [1.82, 2.24) is 20.9 Å². The molecule has 0 aromatic rings. The van der Waals surface area contributed by atoms with Crippen LogP contribution in [0.5, 0.6) is 0 Å². The van der Waals surface area contributed by atoms with E-state index < -0.39 is 23.3 Å². The van der Waals surface area contributed by atoms with Crippen molar-refractivity contribution in [2.75, 3.05) is 7.05 Å². The Balaban J connectivity index is 0.000000228. The zero-order valence-electron chi connectivity index (χ0n) is 14.5. The van der Waals surface area contributed by atoms with Crippen LogP contribution in [0.15, 0.2) is 11.6 Å². The molecule has 0 spiro atoms. The van der Waals surface area contributed by atoms with Crippen LogP contribution in [0.1, 0.15) is 39.0 Å². The molecule has 10 heteroatoms. The summed E-state index contributed by atoms with van der Waals surface area (Å²) in [5, 5.41) is 6.87. The predicted octanol–water partition coefficient (Wildman–Crippen LogP) is 0.109. The lowest BCUT2D eigenvalue weighted by molar-refractivity contribution is -0.147. The number of carbonyl (C=O) groups excluding carboxylic acids is 5. The van der Waals surface area contributed by atoms with Gasteiger partial charge in [-0.1, -0.05) is 6.08 Å². The van der Waals surface area contributed by atoms with Crippen LogP contribution in [-0.4, -0.2) is 46.7 Å². The molecule has 0 saturated carbocycles. The lowest BCUT2D eigenvalue weighted by Gasteiger charge is -2.37. The zero-order valence-corrected chi connectivity index (χ0v) is 15.3. The van der Waals surface area contributed by atoms with Crippen LogP contribution in [0.25, 0.3) is 0 Å². The maximum Gasteiger partial charge on any atom is 0.330 e. The molecule has 3 rings (SSSR count). The Kier molecular flexibility index (Phi) is 5.86. The van der Waals surface area contributed by atoms with Crippen molar-refractivity contribution in [2.45, 2.75) is 39.0 Å². The van der Waals surface area contributed by atoms with Gasteiger partial charge in [-0.05, 0) is 50.4 Å². The van der Waals surface area contributed by atoms with E-state index in [-0.39, 0.29) is 23.3 Å². The number of nitrogens with zero attached hydrogens (tertiary/aromatic N) is 1. The summed E-state index contributed by atoms with van der Waals surface area (Å²) in [6.07, 6.45) is 5.55. The molecule has 2 aliphatic heterocycles. The Morgan fingerprint density at radius 3 is 2.15 bits per heavy atom. The lowest BCUT2D eigenvalue weighted by Crippen LogP contribution is -2.62. The molecule has 1 aliphatic carbocycles. The SMILES string of the molecule is CN1C(=O)NC(=O)C(C)(C2=CCCCC2)C1=O.O=C1CC(=O)NC(=S)N1. The fourth-order valence-electron chi connectivity index (χ4n) is 2.92. The third kappa shape index (κ3) is 3.96. The molecule has 3 aliphatic rings. The van der Waals surface area contributed by atoms with E-state index in [9.17, 15) is 24.0 Å². The van der Waals surface area contributed by atoms with Gasteiger partial charge in [-0.3, -0.25) is 29.4 Å². The molecule has 2 fully saturated rings. The average Bonchev–Trinajstić information content (AvgIpc) is 2.58. The highest BCUT2D eigenvalue weighted by molar-refractivity contribution is 7.80. The molecule has 26 heavy (non-hydrogen) atoms. The zero-order chi connectivity index (χ0) is 19.5. The summed E-state index contributed by atoms with van der Waals surface area (Å²) in [5.41, 5.74) is -0.367. The minimum atomic E-state index is -1.21. The van der Waals surface area contributed by atoms with Crippen molar-refractivity contribution in [1.29, 1.82) is 0 Å². The van der Waals surface area contributed by atoms with E-state index in [0.29, 0.717) is 0 Å². The largest absolute Gasteiger partial charge is 0.330 e. The first kappa shape index (κ1) is 19.7. The fourth-order valence-corrected chi connectivity index (χ4v) is 3.15. The van der Waals surface area contributed by atoms with E-state index in [1.165, 1.54) is 7.05 Å². The summed E-state index contributed by atoms with van der Waals surface area (Å²) in [5.74, 6) is -1.62. The quantitative estimate of drug-likeness (QED) is 0.337. The molecule has 3 N–H and O–H groups in total. The Morgan fingerprint density at radius 1 is 1.04 bits per heavy atom. The monoisotopic (exact) mass is 380 g/mol. The maximum atomic E-state index is 12.2. The number of hydrogen-bond acceptors (Lipinski definition) is 6. The maximum absolute atomic E-state index is 12.2. The highest BCUT2D eigenvalue weighted by Crippen LogP contribution is 2.37. The van der Waals surface area contributed by atoms with Crippen molar-refractivity contribution in [3.8, 4) is 0 Å². The van der Waals surface area contributed by atoms with E-state index in [1.807, 2.05) is 6.08 Å². The van der Waals surface area contributed by atoms with E-state index >= 15 is 0 Å². The van der Waals surface area contributed by atoms with Gasteiger partial charge >= 0.3 is 6.03 Å². The molecule has 0 aromatic carbocycles. The first-order chi connectivity index (χ1) is 12.2. The third-order valence-electron chi connectivity index (χ3n) is 4.47. The molecule has 2 heterocycles. The first-order valence-electron chi connectivity index (χ1n) is 8.13. The van der Waals surface area contributed by atoms with Crippen molar-refractivity contribution in [3.05, 3.63) is 11.6 Å². The van der Waals surface area contributed by atoms with Gasteiger partial charge in [0, 0.05) is 7.05 Å². The summed E-state index contributed by atoms with van der Waals surface area (Å²) in [4.78, 5) is 57.3. The molecule has 1 atom stereocenters. The number of imide groups is 2. The number of carbonyl (C=O) groups is 5. The Labute approximate surface area is 155 Å². The normalized spacial score (nSPS) is 26.2. The summed E-state index contributed by atoms with van der Waals surface area (Å²) >= 11 is 4.50. The number of rotatable bonds is 1. The molecule has 2 saturated heterocycles. The topological polar surface area (TPSA) is 125 Å². The summed E-state index contributed by atoms with van der Waals surface area (Å²) < 4.78 is 0. The van der Waals surface area contributed by atoms with E-state index in [0.717, 1.165) is 36.2 Å². The van der Waals surface area contributed by atoms with E-state index in [1.54, 1.807) is 6.92 Å². The lowest BCUT2D eigenvalue weighted by atomic mass is 9.74. The van der Waals surface area contributed by atoms with Crippen molar-refractivity contribution < 1.29 is 24.0 Å². The fraction of sp³-hybridized carbons (Fsp3) is 0.500. The van der Waals surface area contributed by atoms with Gasteiger partial charge in [0.15, 0.2) is 5.11 Å². The average molecular weight is 380 g/mol. The number of nitrogens with one attached hydrogen (secondary N) is 3. The minimum Gasteiger partial charge on any atom is -0.302 e. The molecular weight excluding hydrogens is 360 g/mol. The van der Waals surface area contributed by atoms with Crippen LogP contribution in [0.2, 0.25) is 0 Å². The minimum absolute atomic E-state index is 0.0938. The van der Waals surface area contributed by atoms with Gasteiger partial charge in [-0.25, -0.2) is 4.79 Å². The molecule has 0 bridgehead atoms. The van der Waals surface area contributed by atoms with Gasteiger partial charge in [-0.15, -0.1) is 0 Å². The molecule has 1 unspecified atom stereocenters. The van der Waals surface area contributed by atoms with Crippen LogP contribution in [-0.2, 0) is 19.2 Å². The Bertz CT molecular complexity index is 687. The number of urea groups is 1. The second kappa shape index (κ2) is 7.73. The molecule has 0 aromatic heterocycles. The standard InChI is InChI=1S/C12H16N2O3.C4H4N2O2S/c1-12(8-6-4-3-5-7-8)9(15)13-11(17)14(2)10(12)16;7-2-1-3(8)6-4(9)5-2/h6H,3-5,7H2,1-2H3,(H,13,15,17);1H2,(H2,5,6,7,8,9). The second-order valence-electron chi connectivity index (χ2n) is 6.33. The van der Waals surface area contributed by atoms with Crippen molar-refractivity contribution >= 4 is 47.0 Å². The number of hydrogen-bond donors (Lipinski definition) is 3. The van der Waals surface area contributed by atoms with Gasteiger partial charge in [0.05, 0.1) is 0 Å². The van der Waals surface area contributed by atoms with Crippen LogP contribution < -0.4 is 16.0 Å². The Hall–Kier alpha value is -2.62. The van der Waals surface area contributed by atoms with Gasteiger partial charge in [0.1, 0.15) is 11.8 Å². The first-order valence-corrected chi connectivity index (χ1v) is 8.54. The molecule has 9 nitrogen and oxygen atoms in total. The van der Waals surface area contributed by atoms with Gasteiger partial charge in [0.25, 0.3) is 0 Å². The van der Waals surface area contributed by atoms with Crippen LogP contribution in [0, 0.1) is 5.41 Å². The van der Waals surface area contributed by atoms with Gasteiger partial charge in [0.2, 0.25) is 23.6 Å². The summed E-state index contributed by atoms with van der Waals surface area (Å²) in [7, 11) is 1.39. The molecule has 140 valence electrons. The van der Waals surface area contributed by atoms with Gasteiger partial charge < -0.3 is 10.6 Å². The summed E-state index contributed by atoms with van der Waals surface area (Å²) in [6.45, 7) is 1.60. The number of amides is 6. The van der Waals surface area contributed by atoms with Crippen LogP contribution >= 0.6 is 12.2 Å².